The van der Waals surface area contributed by atoms with Gasteiger partial charge in [0.15, 0.2) is 0 Å². The van der Waals surface area contributed by atoms with E-state index in [1.807, 2.05) is 18.5 Å². The van der Waals surface area contributed by atoms with E-state index in [4.69, 9.17) is 4.98 Å². The van der Waals surface area contributed by atoms with Crippen molar-refractivity contribution in [2.24, 2.45) is 0 Å². The molecule has 2 aliphatic carbocycles. The normalized spacial score (nSPS) is 15.3. The molecule has 0 radical (unpaired) electrons. The van der Waals surface area contributed by atoms with Crippen LogP contribution < -0.4 is 0 Å². The summed E-state index contributed by atoms with van der Waals surface area (Å²) in [5.41, 5.74) is 14.5. The Hall–Kier alpha value is -5.08. The average molecular weight is 537 g/mol. The number of pyridine rings is 2. The molecule has 2 nitrogen and oxygen atoms in total. The lowest BCUT2D eigenvalue weighted by atomic mass is 9.55. The number of aromatic nitrogens is 2. The fourth-order valence-corrected chi connectivity index (χ4v) is 7.93. The number of fused-ring (bicyclic) bond motifs is 12. The summed E-state index contributed by atoms with van der Waals surface area (Å²) in [6, 6.07) is 44.9. The molecule has 2 heterocycles. The monoisotopic (exact) mass is 536 g/mol. The Morgan fingerprint density at radius 2 is 1.07 bits per heavy atom. The Balaban J connectivity index is 1.36. The van der Waals surface area contributed by atoms with E-state index in [1.165, 1.54) is 50.1 Å². The average Bonchev–Trinajstić information content (AvgIpc) is 3.34. The highest BCUT2D eigenvalue weighted by Crippen LogP contribution is 2.62. The first-order chi connectivity index (χ1) is 20.6. The van der Waals surface area contributed by atoms with Crippen LogP contribution in [-0.2, 0) is 10.8 Å². The third kappa shape index (κ3) is 2.89. The highest BCUT2D eigenvalue weighted by atomic mass is 14.7. The Morgan fingerprint density at radius 3 is 1.83 bits per heavy atom. The van der Waals surface area contributed by atoms with Crippen LogP contribution in [0.2, 0.25) is 0 Å². The van der Waals surface area contributed by atoms with E-state index in [-0.39, 0.29) is 5.41 Å². The summed E-state index contributed by atoms with van der Waals surface area (Å²) >= 11 is 0. The fraction of sp³-hybridized carbons (Fsp3) is 0.100. The second-order valence-corrected chi connectivity index (χ2v) is 12.2. The first-order valence-electron chi connectivity index (χ1n) is 14.7. The van der Waals surface area contributed by atoms with Crippen molar-refractivity contribution >= 4 is 21.8 Å². The summed E-state index contributed by atoms with van der Waals surface area (Å²) in [4.78, 5) is 9.60. The third-order valence-electron chi connectivity index (χ3n) is 9.81. The van der Waals surface area contributed by atoms with Crippen molar-refractivity contribution in [1.82, 2.24) is 9.97 Å². The van der Waals surface area contributed by atoms with E-state index in [9.17, 15) is 0 Å². The van der Waals surface area contributed by atoms with Crippen molar-refractivity contribution in [1.29, 1.82) is 0 Å². The van der Waals surface area contributed by atoms with E-state index < -0.39 is 5.41 Å². The van der Waals surface area contributed by atoms with Gasteiger partial charge >= 0.3 is 0 Å². The van der Waals surface area contributed by atoms with Gasteiger partial charge in [0.1, 0.15) is 0 Å². The topological polar surface area (TPSA) is 25.8 Å². The molecule has 0 fully saturated rings. The van der Waals surface area contributed by atoms with Gasteiger partial charge in [0.05, 0.1) is 16.4 Å². The molecule has 9 rings (SSSR count). The molecule has 0 saturated heterocycles. The second kappa shape index (κ2) is 8.24. The summed E-state index contributed by atoms with van der Waals surface area (Å²) in [6.07, 6.45) is 3.86. The summed E-state index contributed by atoms with van der Waals surface area (Å²) in [5.74, 6) is 0. The van der Waals surface area contributed by atoms with E-state index in [0.29, 0.717) is 0 Å². The molecule has 0 amide bonds. The number of benzene rings is 5. The van der Waals surface area contributed by atoms with Crippen LogP contribution in [0.5, 0.6) is 0 Å². The van der Waals surface area contributed by atoms with Crippen molar-refractivity contribution in [2.45, 2.75) is 24.7 Å². The highest BCUT2D eigenvalue weighted by Gasteiger charge is 2.53. The van der Waals surface area contributed by atoms with Crippen molar-refractivity contribution in [3.8, 4) is 22.3 Å². The van der Waals surface area contributed by atoms with Crippen molar-refractivity contribution < 1.29 is 0 Å². The van der Waals surface area contributed by atoms with Crippen LogP contribution in [0.3, 0.4) is 0 Å². The lowest BCUT2D eigenvalue weighted by Crippen LogP contribution is -2.40. The zero-order valence-corrected chi connectivity index (χ0v) is 23.6. The van der Waals surface area contributed by atoms with Gasteiger partial charge < -0.3 is 0 Å². The van der Waals surface area contributed by atoms with Gasteiger partial charge in [-0.3, -0.25) is 9.97 Å². The second-order valence-electron chi connectivity index (χ2n) is 12.2. The molecule has 0 bridgehead atoms. The number of rotatable bonds is 1. The van der Waals surface area contributed by atoms with Gasteiger partial charge in [-0.1, -0.05) is 117 Å². The first-order valence-corrected chi connectivity index (χ1v) is 14.7. The van der Waals surface area contributed by atoms with Crippen LogP contribution >= 0.6 is 0 Å². The van der Waals surface area contributed by atoms with Crippen LogP contribution in [0.1, 0.15) is 47.2 Å². The standard InChI is InChI=1S/C40H28N2/c1-39(2)33-15-7-8-16-35(33)40(31-13-5-3-11-29(31)30-12-4-6-14-32(30)40)36-23-26(19-20-34(36)39)28-22-27-18-17-25-10-9-21-41-37(25)38(27)42-24-28/h3-24H,1-2H3. The van der Waals surface area contributed by atoms with Crippen molar-refractivity contribution in [3.63, 3.8) is 0 Å². The van der Waals surface area contributed by atoms with Gasteiger partial charge in [0.25, 0.3) is 0 Å². The van der Waals surface area contributed by atoms with Gasteiger partial charge in [-0.15, -0.1) is 0 Å². The minimum atomic E-state index is -0.394. The van der Waals surface area contributed by atoms with Gasteiger partial charge in [-0.05, 0) is 68.3 Å². The first kappa shape index (κ1) is 23.6. The molecule has 0 saturated carbocycles. The van der Waals surface area contributed by atoms with Gasteiger partial charge in [0, 0.05) is 34.1 Å². The molecule has 7 aromatic rings. The minimum absolute atomic E-state index is 0.144. The molecular formula is C40H28N2. The summed E-state index contributed by atoms with van der Waals surface area (Å²) in [7, 11) is 0. The number of hydrogen-bond donors (Lipinski definition) is 0. The molecule has 0 atom stereocenters. The number of nitrogens with zero attached hydrogens (tertiary/aromatic N) is 2. The fourth-order valence-electron chi connectivity index (χ4n) is 7.93. The molecule has 198 valence electrons. The maximum absolute atomic E-state index is 4.96. The van der Waals surface area contributed by atoms with E-state index in [2.05, 4.69) is 134 Å². The van der Waals surface area contributed by atoms with Crippen LogP contribution in [-0.4, -0.2) is 9.97 Å². The Kier molecular flexibility index (Phi) is 4.63. The Morgan fingerprint density at radius 1 is 0.452 bits per heavy atom. The lowest BCUT2D eigenvalue weighted by Gasteiger charge is -2.46. The zero-order chi connectivity index (χ0) is 28.1. The SMILES string of the molecule is CC1(C)c2ccccc2C2(c3ccccc3-c3ccccc32)c2cc(-c3cnc4c(ccc5cccnc54)c3)ccc21. The van der Waals surface area contributed by atoms with Crippen molar-refractivity contribution in [3.05, 3.63) is 167 Å². The van der Waals surface area contributed by atoms with Crippen LogP contribution in [0.15, 0.2) is 134 Å². The highest BCUT2D eigenvalue weighted by molar-refractivity contribution is 6.03. The molecule has 42 heavy (non-hydrogen) atoms. The summed E-state index contributed by atoms with van der Waals surface area (Å²) in [6.45, 7) is 4.75. The van der Waals surface area contributed by atoms with E-state index >= 15 is 0 Å². The minimum Gasteiger partial charge on any atom is -0.254 e. The maximum atomic E-state index is 4.96. The molecule has 2 aliphatic rings. The quantitative estimate of drug-likeness (QED) is 0.195. The Bertz CT molecular complexity index is 2190. The summed E-state index contributed by atoms with van der Waals surface area (Å²) < 4.78 is 0. The van der Waals surface area contributed by atoms with Gasteiger partial charge in [0.2, 0.25) is 0 Å². The van der Waals surface area contributed by atoms with E-state index in [1.54, 1.807) is 0 Å². The number of hydrogen-bond acceptors (Lipinski definition) is 2. The predicted molar refractivity (Wildman–Crippen MR) is 172 cm³/mol. The van der Waals surface area contributed by atoms with Crippen LogP contribution in [0, 0.1) is 0 Å². The van der Waals surface area contributed by atoms with Crippen LogP contribution in [0.25, 0.3) is 44.1 Å². The van der Waals surface area contributed by atoms with Crippen LogP contribution in [0.4, 0.5) is 0 Å². The predicted octanol–water partition coefficient (Wildman–Crippen LogP) is 9.45. The van der Waals surface area contributed by atoms with Crippen molar-refractivity contribution in [2.75, 3.05) is 0 Å². The molecule has 2 aromatic heterocycles. The van der Waals surface area contributed by atoms with Gasteiger partial charge in [-0.25, -0.2) is 0 Å². The smallest absolute Gasteiger partial charge is 0.0964 e. The van der Waals surface area contributed by atoms with Gasteiger partial charge in [-0.2, -0.15) is 0 Å². The third-order valence-corrected chi connectivity index (χ3v) is 9.81. The summed E-state index contributed by atoms with van der Waals surface area (Å²) in [5, 5.41) is 2.22. The molecular weight excluding hydrogens is 508 g/mol. The maximum Gasteiger partial charge on any atom is 0.0964 e. The molecule has 0 N–H and O–H groups in total. The molecule has 0 unspecified atom stereocenters. The van der Waals surface area contributed by atoms with E-state index in [0.717, 1.165) is 27.4 Å². The molecule has 2 heteroatoms. The largest absolute Gasteiger partial charge is 0.254 e. The lowest BCUT2D eigenvalue weighted by molar-refractivity contribution is 0.563. The molecule has 5 aromatic carbocycles. The molecule has 0 aliphatic heterocycles. The molecule has 1 spiro atoms. The zero-order valence-electron chi connectivity index (χ0n) is 23.6. The Labute approximate surface area is 245 Å².